The number of hydrogen-bond acceptors (Lipinski definition) is 5. The van der Waals surface area contributed by atoms with Gasteiger partial charge in [-0.1, -0.05) is 0 Å². The summed E-state index contributed by atoms with van der Waals surface area (Å²) in [6.07, 6.45) is 0. The van der Waals surface area contributed by atoms with Crippen molar-refractivity contribution in [2.45, 2.75) is 6.92 Å². The number of hydrogen-bond donors (Lipinski definition) is 1. The van der Waals surface area contributed by atoms with E-state index in [-0.39, 0.29) is 12.2 Å². The first-order valence-corrected chi connectivity index (χ1v) is 6.57. The smallest absolute Gasteiger partial charge is 0.336 e. The van der Waals surface area contributed by atoms with Gasteiger partial charge in [-0.15, -0.1) is 0 Å². The summed E-state index contributed by atoms with van der Waals surface area (Å²) in [6, 6.07) is 6.96. The minimum absolute atomic E-state index is 0.136. The van der Waals surface area contributed by atoms with Crippen molar-refractivity contribution < 1.29 is 14.3 Å². The molecule has 0 aliphatic rings. The van der Waals surface area contributed by atoms with Crippen LogP contribution in [-0.2, 0) is 0 Å². The minimum Gasteiger partial charge on any atom is -0.492 e. The number of rotatable bonds is 6. The summed E-state index contributed by atoms with van der Waals surface area (Å²) in [7, 11) is 1.92. The maximum atomic E-state index is 11.4. The van der Waals surface area contributed by atoms with Gasteiger partial charge in [-0.2, -0.15) is 0 Å². The molecule has 5 heteroatoms. The average Bonchev–Trinajstić information content (AvgIpc) is 2.38. The molecule has 0 radical (unpaired) electrons. The zero-order valence-corrected chi connectivity index (χ0v) is 11.8. The van der Waals surface area contributed by atoms with E-state index in [2.05, 4.69) is 0 Å². The van der Waals surface area contributed by atoms with Crippen LogP contribution in [0.2, 0.25) is 0 Å². The van der Waals surface area contributed by atoms with E-state index in [1.807, 2.05) is 31.0 Å². The molecule has 0 fully saturated rings. The van der Waals surface area contributed by atoms with E-state index in [1.165, 1.54) is 6.07 Å². The van der Waals surface area contributed by atoms with Gasteiger partial charge in [0.05, 0.1) is 6.61 Å². The van der Waals surface area contributed by atoms with Crippen molar-refractivity contribution in [1.82, 2.24) is 4.90 Å². The largest absolute Gasteiger partial charge is 0.492 e. The molecule has 0 saturated carbocycles. The van der Waals surface area contributed by atoms with Crippen LogP contribution in [0.4, 0.5) is 0 Å². The van der Waals surface area contributed by atoms with Crippen LogP contribution in [0.25, 0.3) is 11.0 Å². The molecule has 2 aromatic rings. The molecule has 0 aliphatic carbocycles. The monoisotopic (exact) mass is 277 g/mol. The fraction of sp³-hybridized carbons (Fsp3) is 0.400. The average molecular weight is 277 g/mol. The Kier molecular flexibility index (Phi) is 4.76. The molecule has 20 heavy (non-hydrogen) atoms. The number of aliphatic hydroxyl groups excluding tert-OH is 1. The standard InChI is InChI=1S/C15H19NO4/c1-11-9-15(18)20-14-10-12(3-4-13(11)14)19-8-6-16(2)5-7-17/h3-4,9-10,17H,5-8H2,1-2H3. The van der Waals surface area contributed by atoms with E-state index in [0.29, 0.717) is 24.5 Å². The van der Waals surface area contributed by atoms with Crippen LogP contribution in [0.3, 0.4) is 0 Å². The van der Waals surface area contributed by atoms with E-state index in [1.54, 1.807) is 6.07 Å². The maximum Gasteiger partial charge on any atom is 0.336 e. The van der Waals surface area contributed by atoms with Gasteiger partial charge in [0, 0.05) is 30.6 Å². The second kappa shape index (κ2) is 6.54. The Morgan fingerprint density at radius 2 is 2.10 bits per heavy atom. The molecule has 2 rings (SSSR count). The number of ether oxygens (including phenoxy) is 1. The van der Waals surface area contributed by atoms with Gasteiger partial charge in [0.25, 0.3) is 0 Å². The summed E-state index contributed by atoms with van der Waals surface area (Å²) in [6.45, 7) is 3.87. The molecule has 1 aromatic carbocycles. The lowest BCUT2D eigenvalue weighted by atomic mass is 10.1. The third-order valence-electron chi connectivity index (χ3n) is 3.15. The summed E-state index contributed by atoms with van der Waals surface area (Å²) in [4.78, 5) is 13.3. The van der Waals surface area contributed by atoms with Gasteiger partial charge in [0.2, 0.25) is 0 Å². The second-order valence-corrected chi connectivity index (χ2v) is 4.78. The number of aryl methyl sites for hydroxylation is 1. The summed E-state index contributed by atoms with van der Waals surface area (Å²) in [5.74, 6) is 0.670. The Hall–Kier alpha value is -1.85. The first kappa shape index (κ1) is 14.6. The molecular weight excluding hydrogens is 258 g/mol. The Morgan fingerprint density at radius 1 is 1.30 bits per heavy atom. The van der Waals surface area contributed by atoms with Crippen LogP contribution >= 0.6 is 0 Å². The van der Waals surface area contributed by atoms with Crippen LogP contribution in [0.5, 0.6) is 5.75 Å². The Bertz CT molecular complexity index is 635. The molecule has 0 spiro atoms. The summed E-state index contributed by atoms with van der Waals surface area (Å²) in [5.41, 5.74) is 1.08. The van der Waals surface area contributed by atoms with Crippen LogP contribution in [0.15, 0.2) is 33.5 Å². The molecule has 0 saturated heterocycles. The number of aliphatic hydroxyl groups is 1. The van der Waals surface area contributed by atoms with Gasteiger partial charge in [-0.05, 0) is 31.7 Å². The topological polar surface area (TPSA) is 62.9 Å². The van der Waals surface area contributed by atoms with Crippen molar-refractivity contribution in [2.75, 3.05) is 33.4 Å². The van der Waals surface area contributed by atoms with Crippen molar-refractivity contribution >= 4 is 11.0 Å². The first-order chi connectivity index (χ1) is 9.60. The minimum atomic E-state index is -0.352. The van der Waals surface area contributed by atoms with Gasteiger partial charge >= 0.3 is 5.63 Å². The third kappa shape index (κ3) is 3.59. The fourth-order valence-corrected chi connectivity index (χ4v) is 2.00. The number of fused-ring (bicyclic) bond motifs is 1. The summed E-state index contributed by atoms with van der Waals surface area (Å²) >= 11 is 0. The second-order valence-electron chi connectivity index (χ2n) is 4.78. The zero-order valence-electron chi connectivity index (χ0n) is 11.8. The highest BCUT2D eigenvalue weighted by Crippen LogP contribution is 2.22. The fourth-order valence-electron chi connectivity index (χ4n) is 2.00. The lowest BCUT2D eigenvalue weighted by Crippen LogP contribution is -2.27. The number of likely N-dealkylation sites (N-methyl/N-ethyl adjacent to an activating group) is 1. The molecule has 1 heterocycles. The SMILES string of the molecule is Cc1cc(=O)oc2cc(OCCN(C)CCO)ccc12. The predicted molar refractivity (Wildman–Crippen MR) is 77.3 cm³/mol. The van der Waals surface area contributed by atoms with Crippen LogP contribution in [0.1, 0.15) is 5.56 Å². The number of nitrogens with zero attached hydrogens (tertiary/aromatic N) is 1. The Labute approximate surface area is 117 Å². The van der Waals surface area contributed by atoms with E-state index in [4.69, 9.17) is 14.3 Å². The van der Waals surface area contributed by atoms with Gasteiger partial charge in [0.15, 0.2) is 0 Å². The van der Waals surface area contributed by atoms with Crippen LogP contribution in [-0.4, -0.2) is 43.4 Å². The molecule has 5 nitrogen and oxygen atoms in total. The Balaban J connectivity index is 2.06. The lowest BCUT2D eigenvalue weighted by molar-refractivity contribution is 0.192. The Morgan fingerprint density at radius 3 is 2.85 bits per heavy atom. The lowest BCUT2D eigenvalue weighted by Gasteiger charge is -2.15. The third-order valence-corrected chi connectivity index (χ3v) is 3.15. The van der Waals surface area contributed by atoms with Crippen molar-refractivity contribution in [3.8, 4) is 5.75 Å². The molecule has 108 valence electrons. The molecule has 0 unspecified atom stereocenters. The van der Waals surface area contributed by atoms with Gasteiger partial charge < -0.3 is 19.2 Å². The first-order valence-electron chi connectivity index (χ1n) is 6.57. The molecule has 0 bridgehead atoms. The highest BCUT2D eigenvalue weighted by atomic mass is 16.5. The van der Waals surface area contributed by atoms with Crippen molar-refractivity contribution in [1.29, 1.82) is 0 Å². The van der Waals surface area contributed by atoms with Gasteiger partial charge in [-0.25, -0.2) is 4.79 Å². The normalized spacial score (nSPS) is 11.2. The van der Waals surface area contributed by atoms with Gasteiger partial charge in [-0.3, -0.25) is 0 Å². The van der Waals surface area contributed by atoms with Crippen molar-refractivity contribution in [3.63, 3.8) is 0 Å². The molecule has 0 atom stereocenters. The highest BCUT2D eigenvalue weighted by Gasteiger charge is 2.04. The van der Waals surface area contributed by atoms with Gasteiger partial charge in [0.1, 0.15) is 17.9 Å². The van der Waals surface area contributed by atoms with Crippen molar-refractivity contribution in [3.05, 3.63) is 40.2 Å². The number of benzene rings is 1. The molecule has 1 N–H and O–H groups in total. The van der Waals surface area contributed by atoms with E-state index >= 15 is 0 Å². The predicted octanol–water partition coefficient (Wildman–Crippen LogP) is 1.40. The van der Waals surface area contributed by atoms with Crippen molar-refractivity contribution in [2.24, 2.45) is 0 Å². The van der Waals surface area contributed by atoms with Crippen LogP contribution < -0.4 is 10.4 Å². The van der Waals surface area contributed by atoms with Crippen LogP contribution in [0, 0.1) is 6.92 Å². The molecular formula is C15H19NO4. The summed E-state index contributed by atoms with van der Waals surface area (Å²) in [5, 5.41) is 9.71. The van der Waals surface area contributed by atoms with E-state index < -0.39 is 0 Å². The summed E-state index contributed by atoms with van der Waals surface area (Å²) < 4.78 is 10.8. The zero-order chi connectivity index (χ0) is 14.5. The van der Waals surface area contributed by atoms with E-state index in [0.717, 1.165) is 17.5 Å². The highest BCUT2D eigenvalue weighted by molar-refractivity contribution is 5.81. The molecule has 0 amide bonds. The molecule has 0 aliphatic heterocycles. The molecule has 1 aromatic heterocycles. The quantitative estimate of drug-likeness (QED) is 0.809. The maximum absolute atomic E-state index is 11.4. The van der Waals surface area contributed by atoms with E-state index in [9.17, 15) is 4.79 Å².